The standard InChI is InChI=1S/C17H24N2/c18-12-17(19-11-13-7-8-15(19)10-13)9-3-5-14-4-1-2-6-16(14)17/h1-2,4,6,13,15H,3,5,7-12,18H2. The molecule has 3 aliphatic rings. The second kappa shape index (κ2) is 4.32. The lowest BCUT2D eigenvalue weighted by atomic mass is 9.74. The number of nitrogens with two attached hydrogens (primary N) is 1. The summed E-state index contributed by atoms with van der Waals surface area (Å²) < 4.78 is 0. The molecule has 102 valence electrons. The van der Waals surface area contributed by atoms with Gasteiger partial charge in [0.25, 0.3) is 0 Å². The van der Waals surface area contributed by atoms with E-state index in [2.05, 4.69) is 29.2 Å². The van der Waals surface area contributed by atoms with Crippen molar-refractivity contribution in [3.8, 4) is 0 Å². The van der Waals surface area contributed by atoms with Crippen LogP contribution in [0.2, 0.25) is 0 Å². The van der Waals surface area contributed by atoms with Gasteiger partial charge in [0, 0.05) is 19.1 Å². The van der Waals surface area contributed by atoms with Gasteiger partial charge in [-0.25, -0.2) is 0 Å². The van der Waals surface area contributed by atoms with E-state index >= 15 is 0 Å². The fourth-order valence-electron chi connectivity index (χ4n) is 4.97. The first-order valence-corrected chi connectivity index (χ1v) is 7.89. The Morgan fingerprint density at radius 3 is 2.89 bits per heavy atom. The first-order valence-electron chi connectivity index (χ1n) is 7.89. The van der Waals surface area contributed by atoms with Crippen molar-refractivity contribution in [1.29, 1.82) is 0 Å². The number of rotatable bonds is 2. The van der Waals surface area contributed by atoms with E-state index in [4.69, 9.17) is 5.73 Å². The highest BCUT2D eigenvalue weighted by molar-refractivity contribution is 5.37. The van der Waals surface area contributed by atoms with E-state index in [1.165, 1.54) is 50.6 Å². The summed E-state index contributed by atoms with van der Waals surface area (Å²) in [5.41, 5.74) is 9.55. The molecular formula is C17H24N2. The fraction of sp³-hybridized carbons (Fsp3) is 0.647. The number of nitrogens with zero attached hydrogens (tertiary/aromatic N) is 1. The highest BCUT2D eigenvalue weighted by Gasteiger charge is 2.49. The van der Waals surface area contributed by atoms with Crippen LogP contribution in [-0.2, 0) is 12.0 Å². The van der Waals surface area contributed by atoms with Crippen molar-refractivity contribution in [2.24, 2.45) is 11.7 Å². The summed E-state index contributed by atoms with van der Waals surface area (Å²) in [6, 6.07) is 9.84. The minimum absolute atomic E-state index is 0.147. The monoisotopic (exact) mass is 256 g/mol. The first-order chi connectivity index (χ1) is 9.33. The molecule has 2 N–H and O–H groups in total. The summed E-state index contributed by atoms with van der Waals surface area (Å²) in [6.45, 7) is 2.07. The van der Waals surface area contributed by atoms with Crippen LogP contribution in [0.5, 0.6) is 0 Å². The number of hydrogen-bond donors (Lipinski definition) is 1. The molecule has 0 aromatic heterocycles. The van der Waals surface area contributed by atoms with E-state index in [0.717, 1.165) is 18.5 Å². The van der Waals surface area contributed by atoms with Crippen molar-refractivity contribution in [3.05, 3.63) is 35.4 Å². The summed E-state index contributed by atoms with van der Waals surface area (Å²) in [5, 5.41) is 0. The van der Waals surface area contributed by atoms with Crippen LogP contribution in [-0.4, -0.2) is 24.0 Å². The van der Waals surface area contributed by atoms with Crippen LogP contribution in [0.4, 0.5) is 0 Å². The number of likely N-dealkylation sites (tertiary alicyclic amines) is 1. The molecule has 1 heterocycles. The molecule has 0 spiro atoms. The summed E-state index contributed by atoms with van der Waals surface area (Å²) in [7, 11) is 0. The number of aryl methyl sites for hydroxylation is 1. The summed E-state index contributed by atoms with van der Waals surface area (Å²) >= 11 is 0. The van der Waals surface area contributed by atoms with Crippen molar-refractivity contribution >= 4 is 0 Å². The maximum Gasteiger partial charge on any atom is 0.0589 e. The first kappa shape index (κ1) is 11.9. The molecular weight excluding hydrogens is 232 g/mol. The lowest BCUT2D eigenvalue weighted by molar-refractivity contribution is 0.0431. The van der Waals surface area contributed by atoms with Crippen LogP contribution in [0, 0.1) is 5.92 Å². The predicted octanol–water partition coefficient (Wildman–Crippen LogP) is 2.66. The zero-order valence-corrected chi connectivity index (χ0v) is 11.6. The third-order valence-corrected chi connectivity index (χ3v) is 5.85. The molecule has 1 saturated carbocycles. The maximum atomic E-state index is 6.32. The minimum atomic E-state index is 0.147. The Hall–Kier alpha value is -0.860. The summed E-state index contributed by atoms with van der Waals surface area (Å²) in [4.78, 5) is 2.79. The molecule has 1 aliphatic heterocycles. The van der Waals surface area contributed by atoms with Crippen LogP contribution in [0.3, 0.4) is 0 Å². The van der Waals surface area contributed by atoms with Crippen LogP contribution in [0.25, 0.3) is 0 Å². The smallest absolute Gasteiger partial charge is 0.0589 e. The normalized spacial score (nSPS) is 37.5. The lowest BCUT2D eigenvalue weighted by Crippen LogP contribution is -2.55. The Morgan fingerprint density at radius 2 is 2.16 bits per heavy atom. The van der Waals surface area contributed by atoms with E-state index < -0.39 is 0 Å². The van der Waals surface area contributed by atoms with Crippen LogP contribution >= 0.6 is 0 Å². The third kappa shape index (κ3) is 1.63. The van der Waals surface area contributed by atoms with Crippen molar-refractivity contribution in [3.63, 3.8) is 0 Å². The van der Waals surface area contributed by atoms with Crippen LogP contribution in [0.1, 0.15) is 43.2 Å². The molecule has 4 rings (SSSR count). The molecule has 2 heteroatoms. The van der Waals surface area contributed by atoms with E-state index in [9.17, 15) is 0 Å². The molecule has 3 atom stereocenters. The fourth-order valence-corrected chi connectivity index (χ4v) is 4.97. The topological polar surface area (TPSA) is 29.3 Å². The van der Waals surface area contributed by atoms with Gasteiger partial charge in [0.15, 0.2) is 0 Å². The highest BCUT2D eigenvalue weighted by atomic mass is 15.3. The number of hydrogen-bond acceptors (Lipinski definition) is 2. The summed E-state index contributed by atoms with van der Waals surface area (Å²) in [6.07, 6.45) is 8.05. The summed E-state index contributed by atoms with van der Waals surface area (Å²) in [5.74, 6) is 0.947. The molecule has 2 bridgehead atoms. The lowest BCUT2D eigenvalue weighted by Gasteiger charge is -2.49. The van der Waals surface area contributed by atoms with E-state index in [1.54, 1.807) is 5.56 Å². The Kier molecular flexibility index (Phi) is 2.71. The predicted molar refractivity (Wildman–Crippen MR) is 77.9 cm³/mol. The van der Waals surface area contributed by atoms with E-state index in [-0.39, 0.29) is 5.54 Å². The third-order valence-electron chi connectivity index (χ3n) is 5.85. The molecule has 1 saturated heterocycles. The number of fused-ring (bicyclic) bond motifs is 3. The molecule has 1 aromatic rings. The number of benzene rings is 1. The van der Waals surface area contributed by atoms with Crippen LogP contribution in [0.15, 0.2) is 24.3 Å². The van der Waals surface area contributed by atoms with Gasteiger partial charge in [-0.2, -0.15) is 0 Å². The molecule has 1 aromatic carbocycles. The zero-order valence-electron chi connectivity index (χ0n) is 11.6. The Balaban J connectivity index is 1.78. The minimum Gasteiger partial charge on any atom is -0.328 e. The molecule has 2 aliphatic carbocycles. The van der Waals surface area contributed by atoms with E-state index in [0.29, 0.717) is 0 Å². The molecule has 0 amide bonds. The number of piperidine rings is 1. The van der Waals surface area contributed by atoms with Crippen molar-refractivity contribution in [1.82, 2.24) is 4.90 Å². The van der Waals surface area contributed by atoms with Gasteiger partial charge in [0.05, 0.1) is 5.54 Å². The molecule has 0 radical (unpaired) electrons. The van der Waals surface area contributed by atoms with Gasteiger partial charge in [-0.15, -0.1) is 0 Å². The average Bonchev–Trinajstić information content (AvgIpc) is 3.09. The van der Waals surface area contributed by atoms with Crippen LogP contribution < -0.4 is 5.73 Å². The molecule has 2 fully saturated rings. The van der Waals surface area contributed by atoms with Gasteiger partial charge in [-0.05, 0) is 55.6 Å². The Morgan fingerprint density at radius 1 is 1.26 bits per heavy atom. The van der Waals surface area contributed by atoms with Gasteiger partial charge < -0.3 is 5.73 Å². The Bertz CT molecular complexity index is 484. The Labute approximate surface area is 116 Å². The molecule has 3 unspecified atom stereocenters. The highest BCUT2D eigenvalue weighted by Crippen LogP contribution is 2.48. The molecule has 19 heavy (non-hydrogen) atoms. The SMILES string of the molecule is NCC1(N2CC3CCC2C3)CCCc2ccccc21. The van der Waals surface area contributed by atoms with Gasteiger partial charge in [0.1, 0.15) is 0 Å². The van der Waals surface area contributed by atoms with Gasteiger partial charge in [0.2, 0.25) is 0 Å². The van der Waals surface area contributed by atoms with Crippen molar-refractivity contribution in [2.75, 3.05) is 13.1 Å². The maximum absolute atomic E-state index is 6.32. The second-order valence-electron chi connectivity index (χ2n) is 6.73. The second-order valence-corrected chi connectivity index (χ2v) is 6.73. The average molecular weight is 256 g/mol. The van der Waals surface area contributed by atoms with E-state index in [1.807, 2.05) is 0 Å². The van der Waals surface area contributed by atoms with Crippen molar-refractivity contribution < 1.29 is 0 Å². The van der Waals surface area contributed by atoms with Crippen molar-refractivity contribution in [2.45, 2.75) is 50.1 Å². The van der Waals surface area contributed by atoms with Gasteiger partial charge in [-0.3, -0.25) is 4.90 Å². The zero-order chi connectivity index (χ0) is 12.9. The van der Waals surface area contributed by atoms with Gasteiger partial charge >= 0.3 is 0 Å². The van der Waals surface area contributed by atoms with Gasteiger partial charge in [-0.1, -0.05) is 24.3 Å². The largest absolute Gasteiger partial charge is 0.328 e. The molecule has 2 nitrogen and oxygen atoms in total. The quantitative estimate of drug-likeness (QED) is 0.881.